The van der Waals surface area contributed by atoms with Crippen LogP contribution < -0.4 is 10.6 Å². The summed E-state index contributed by atoms with van der Waals surface area (Å²) in [6.07, 6.45) is 0.890. The van der Waals surface area contributed by atoms with Gasteiger partial charge in [0.25, 0.3) is 5.91 Å². The second-order valence-electron chi connectivity index (χ2n) is 8.12. The smallest absolute Gasteiger partial charge is 0.251 e. The van der Waals surface area contributed by atoms with E-state index >= 15 is 0 Å². The fourth-order valence-electron chi connectivity index (χ4n) is 2.96. The number of amides is 2. The molecule has 1 heterocycles. The first-order chi connectivity index (χ1) is 12.8. The minimum absolute atomic E-state index is 0.0450. The molecule has 1 atom stereocenters. The van der Waals surface area contributed by atoms with Crippen molar-refractivity contribution in [1.82, 2.24) is 15.5 Å². The zero-order chi connectivity index (χ0) is 19.9. The number of ether oxygens (including phenoxy) is 1. The topological polar surface area (TPSA) is 70.7 Å². The van der Waals surface area contributed by atoms with Gasteiger partial charge in [-0.1, -0.05) is 32.9 Å². The van der Waals surface area contributed by atoms with Crippen LogP contribution in [0.15, 0.2) is 24.3 Å². The van der Waals surface area contributed by atoms with Gasteiger partial charge in [-0.3, -0.25) is 14.5 Å². The summed E-state index contributed by atoms with van der Waals surface area (Å²) in [6, 6.07) is 6.98. The summed E-state index contributed by atoms with van der Waals surface area (Å²) in [5.41, 5.74) is 1.78. The molecule has 6 heteroatoms. The van der Waals surface area contributed by atoms with Crippen molar-refractivity contribution in [2.24, 2.45) is 0 Å². The van der Waals surface area contributed by atoms with E-state index in [1.54, 1.807) is 6.92 Å². The summed E-state index contributed by atoms with van der Waals surface area (Å²) < 4.78 is 5.32. The molecule has 0 bridgehead atoms. The number of carbonyl (C=O) groups is 2. The number of nitrogens with zero attached hydrogens (tertiary/aromatic N) is 1. The zero-order valence-corrected chi connectivity index (χ0v) is 17.0. The van der Waals surface area contributed by atoms with Gasteiger partial charge < -0.3 is 15.4 Å². The van der Waals surface area contributed by atoms with Crippen LogP contribution in [-0.4, -0.2) is 62.1 Å². The molecule has 1 aliphatic heterocycles. The SMILES string of the molecule is CC(NC(=O)c1ccc(C(C)(C)C)cc1)C(=O)NCCCN1CCOCC1. The Morgan fingerprint density at radius 2 is 1.78 bits per heavy atom. The minimum atomic E-state index is -0.567. The van der Waals surface area contributed by atoms with E-state index in [0.29, 0.717) is 12.1 Å². The molecular formula is C21H33N3O3. The summed E-state index contributed by atoms with van der Waals surface area (Å²) >= 11 is 0. The lowest BCUT2D eigenvalue weighted by Gasteiger charge is -2.26. The van der Waals surface area contributed by atoms with Crippen molar-refractivity contribution in [2.75, 3.05) is 39.4 Å². The molecule has 0 aliphatic carbocycles. The maximum Gasteiger partial charge on any atom is 0.251 e. The van der Waals surface area contributed by atoms with Crippen molar-refractivity contribution >= 4 is 11.8 Å². The molecule has 0 spiro atoms. The van der Waals surface area contributed by atoms with Gasteiger partial charge in [0, 0.05) is 25.2 Å². The van der Waals surface area contributed by atoms with Gasteiger partial charge in [0.1, 0.15) is 6.04 Å². The predicted octanol–water partition coefficient (Wildman–Crippen LogP) is 1.94. The summed E-state index contributed by atoms with van der Waals surface area (Å²) in [5.74, 6) is -0.386. The molecule has 2 amide bonds. The number of carbonyl (C=O) groups excluding carboxylic acids is 2. The van der Waals surface area contributed by atoms with Gasteiger partial charge in [0.2, 0.25) is 5.91 Å². The quantitative estimate of drug-likeness (QED) is 0.715. The number of morpholine rings is 1. The lowest BCUT2D eigenvalue weighted by molar-refractivity contribution is -0.122. The van der Waals surface area contributed by atoms with Gasteiger partial charge in [-0.25, -0.2) is 0 Å². The van der Waals surface area contributed by atoms with Gasteiger partial charge in [-0.05, 0) is 43.0 Å². The lowest BCUT2D eigenvalue weighted by atomic mass is 9.86. The molecule has 1 fully saturated rings. The third kappa shape index (κ3) is 6.96. The molecule has 1 unspecified atom stereocenters. The lowest BCUT2D eigenvalue weighted by Crippen LogP contribution is -2.45. The minimum Gasteiger partial charge on any atom is -0.379 e. The average Bonchev–Trinajstić information content (AvgIpc) is 2.65. The Balaban J connectivity index is 1.72. The second-order valence-corrected chi connectivity index (χ2v) is 8.12. The van der Waals surface area contributed by atoms with Gasteiger partial charge in [0.05, 0.1) is 13.2 Å². The maximum absolute atomic E-state index is 12.3. The van der Waals surface area contributed by atoms with Crippen molar-refractivity contribution in [3.05, 3.63) is 35.4 Å². The summed E-state index contributed by atoms with van der Waals surface area (Å²) in [6.45, 7) is 13.1. The molecule has 27 heavy (non-hydrogen) atoms. The average molecular weight is 376 g/mol. The molecule has 2 rings (SSSR count). The van der Waals surface area contributed by atoms with E-state index in [0.717, 1.165) is 39.3 Å². The highest BCUT2D eigenvalue weighted by atomic mass is 16.5. The first-order valence-electron chi connectivity index (χ1n) is 9.76. The number of nitrogens with one attached hydrogen (secondary N) is 2. The molecule has 150 valence electrons. The first-order valence-corrected chi connectivity index (χ1v) is 9.76. The third-order valence-corrected chi connectivity index (χ3v) is 4.81. The number of hydrogen-bond donors (Lipinski definition) is 2. The number of hydrogen-bond acceptors (Lipinski definition) is 4. The van der Waals surface area contributed by atoms with Crippen LogP contribution in [-0.2, 0) is 14.9 Å². The zero-order valence-electron chi connectivity index (χ0n) is 17.0. The Hall–Kier alpha value is -1.92. The molecular weight excluding hydrogens is 342 g/mol. The van der Waals surface area contributed by atoms with E-state index in [2.05, 4.69) is 36.3 Å². The van der Waals surface area contributed by atoms with Crippen molar-refractivity contribution < 1.29 is 14.3 Å². The molecule has 0 aromatic heterocycles. The third-order valence-electron chi connectivity index (χ3n) is 4.81. The van der Waals surface area contributed by atoms with Crippen LogP contribution in [0.25, 0.3) is 0 Å². The van der Waals surface area contributed by atoms with E-state index in [1.807, 2.05) is 24.3 Å². The van der Waals surface area contributed by atoms with Gasteiger partial charge in [-0.2, -0.15) is 0 Å². The Morgan fingerprint density at radius 1 is 1.15 bits per heavy atom. The van der Waals surface area contributed by atoms with Crippen LogP contribution in [0.1, 0.15) is 50.0 Å². The Labute approximate surface area is 162 Å². The van der Waals surface area contributed by atoms with Crippen LogP contribution in [0.4, 0.5) is 0 Å². The highest BCUT2D eigenvalue weighted by Crippen LogP contribution is 2.22. The maximum atomic E-state index is 12.3. The van der Waals surface area contributed by atoms with E-state index in [9.17, 15) is 9.59 Å². The van der Waals surface area contributed by atoms with Gasteiger partial charge in [-0.15, -0.1) is 0 Å². The molecule has 2 N–H and O–H groups in total. The second kappa shape index (κ2) is 9.85. The van der Waals surface area contributed by atoms with Crippen LogP contribution in [0, 0.1) is 0 Å². The normalized spacial score (nSPS) is 16.6. The van der Waals surface area contributed by atoms with Crippen LogP contribution in [0.2, 0.25) is 0 Å². The van der Waals surface area contributed by atoms with Crippen LogP contribution in [0.3, 0.4) is 0 Å². The van der Waals surface area contributed by atoms with E-state index in [1.165, 1.54) is 5.56 Å². The fourth-order valence-corrected chi connectivity index (χ4v) is 2.96. The Morgan fingerprint density at radius 3 is 2.37 bits per heavy atom. The Kier molecular flexibility index (Phi) is 7.80. The summed E-state index contributed by atoms with van der Waals surface area (Å²) in [4.78, 5) is 26.9. The number of rotatable bonds is 7. The summed E-state index contributed by atoms with van der Waals surface area (Å²) in [7, 11) is 0. The van der Waals surface area contributed by atoms with Crippen molar-refractivity contribution in [3.8, 4) is 0 Å². The molecule has 1 aliphatic rings. The predicted molar refractivity (Wildman–Crippen MR) is 107 cm³/mol. The molecule has 1 aromatic rings. The van der Waals surface area contributed by atoms with Crippen LogP contribution in [0.5, 0.6) is 0 Å². The van der Waals surface area contributed by atoms with Crippen molar-refractivity contribution in [1.29, 1.82) is 0 Å². The van der Waals surface area contributed by atoms with Gasteiger partial charge in [0.15, 0.2) is 0 Å². The molecule has 1 saturated heterocycles. The highest BCUT2D eigenvalue weighted by Gasteiger charge is 2.18. The molecule has 0 saturated carbocycles. The summed E-state index contributed by atoms with van der Waals surface area (Å²) in [5, 5.41) is 5.66. The monoisotopic (exact) mass is 375 g/mol. The van der Waals surface area contributed by atoms with Crippen molar-refractivity contribution in [3.63, 3.8) is 0 Å². The largest absolute Gasteiger partial charge is 0.379 e. The van der Waals surface area contributed by atoms with Crippen LogP contribution >= 0.6 is 0 Å². The molecule has 1 aromatic carbocycles. The van der Waals surface area contributed by atoms with Crippen molar-refractivity contribution in [2.45, 2.75) is 45.6 Å². The molecule has 6 nitrogen and oxygen atoms in total. The molecule has 0 radical (unpaired) electrons. The van der Waals surface area contributed by atoms with E-state index in [-0.39, 0.29) is 17.2 Å². The Bertz CT molecular complexity index is 617. The van der Waals surface area contributed by atoms with E-state index < -0.39 is 6.04 Å². The highest BCUT2D eigenvalue weighted by molar-refractivity contribution is 5.97. The standard InChI is InChI=1S/C21H33N3O3/c1-16(19(25)22-10-5-11-24-12-14-27-15-13-24)23-20(26)17-6-8-18(9-7-17)21(2,3)4/h6-9,16H,5,10-15H2,1-4H3,(H,22,25)(H,23,26). The first kappa shape index (κ1) is 21.4. The fraction of sp³-hybridized carbons (Fsp3) is 0.619. The van der Waals surface area contributed by atoms with E-state index in [4.69, 9.17) is 4.74 Å². The van der Waals surface area contributed by atoms with Gasteiger partial charge >= 0.3 is 0 Å². The number of benzene rings is 1.